The molecule has 0 radical (unpaired) electrons. The van der Waals surface area contributed by atoms with E-state index in [9.17, 15) is 22.4 Å². The van der Waals surface area contributed by atoms with Crippen molar-refractivity contribution in [2.24, 2.45) is 0 Å². The summed E-state index contributed by atoms with van der Waals surface area (Å²) in [5.41, 5.74) is -1.11. The van der Waals surface area contributed by atoms with Gasteiger partial charge >= 0.3 is 6.18 Å². The number of hydrogen-bond acceptors (Lipinski definition) is 3. The van der Waals surface area contributed by atoms with Gasteiger partial charge in [0.05, 0.1) is 0 Å². The largest absolute Gasteiger partial charge is 0.435 e. The lowest BCUT2D eigenvalue weighted by molar-refractivity contribution is -0.141. The maximum atomic E-state index is 14.0. The second kappa shape index (κ2) is 8.08. The Balaban J connectivity index is 1.78. The summed E-state index contributed by atoms with van der Waals surface area (Å²) in [6.45, 7) is 2.68. The summed E-state index contributed by atoms with van der Waals surface area (Å²) in [6, 6.07) is 6.72. The summed E-state index contributed by atoms with van der Waals surface area (Å²) in [5, 5.41) is 5.32. The Kier molecular flexibility index (Phi) is 5.79. The molecule has 0 atom stereocenters. The predicted molar refractivity (Wildman–Crippen MR) is 90.4 cm³/mol. The SMILES string of the molecule is O=C(c1cc(C(F)(F)F)n[nH]1)N(CCN1CCCC1)Cc1ccccc1F. The molecule has 9 heteroatoms. The number of halogens is 4. The predicted octanol–water partition coefficient (Wildman–Crippen LogP) is 3.31. The van der Waals surface area contributed by atoms with Crippen LogP contribution in [0.1, 0.15) is 34.6 Å². The third-order valence-corrected chi connectivity index (χ3v) is 4.59. The third-order valence-electron chi connectivity index (χ3n) is 4.59. The second-order valence-electron chi connectivity index (χ2n) is 6.53. The zero-order valence-electron chi connectivity index (χ0n) is 14.6. The van der Waals surface area contributed by atoms with Crippen molar-refractivity contribution in [3.05, 3.63) is 53.1 Å². The summed E-state index contributed by atoms with van der Waals surface area (Å²) >= 11 is 0. The molecule has 1 aromatic heterocycles. The van der Waals surface area contributed by atoms with Gasteiger partial charge in [0.1, 0.15) is 11.5 Å². The van der Waals surface area contributed by atoms with Crippen molar-refractivity contribution in [1.82, 2.24) is 20.0 Å². The smallest absolute Gasteiger partial charge is 0.332 e. The van der Waals surface area contributed by atoms with Gasteiger partial charge in [0.15, 0.2) is 5.69 Å². The van der Waals surface area contributed by atoms with E-state index in [1.165, 1.54) is 11.0 Å². The van der Waals surface area contributed by atoms with Gasteiger partial charge in [-0.25, -0.2) is 4.39 Å². The van der Waals surface area contributed by atoms with Gasteiger partial charge in [-0.3, -0.25) is 9.89 Å². The molecule has 27 heavy (non-hydrogen) atoms. The summed E-state index contributed by atoms with van der Waals surface area (Å²) in [4.78, 5) is 16.3. The first-order chi connectivity index (χ1) is 12.8. The van der Waals surface area contributed by atoms with Crippen LogP contribution in [-0.2, 0) is 12.7 Å². The van der Waals surface area contributed by atoms with Crippen LogP contribution >= 0.6 is 0 Å². The zero-order chi connectivity index (χ0) is 19.4. The number of alkyl halides is 3. The van der Waals surface area contributed by atoms with Crippen molar-refractivity contribution in [2.75, 3.05) is 26.2 Å². The molecule has 0 bridgehead atoms. The molecular formula is C18H20F4N4O. The third kappa shape index (κ3) is 4.85. The number of likely N-dealkylation sites (tertiary alicyclic amines) is 1. The lowest BCUT2D eigenvalue weighted by atomic mass is 10.2. The van der Waals surface area contributed by atoms with Gasteiger partial charge in [0.25, 0.3) is 5.91 Å². The molecule has 1 aliphatic rings. The molecule has 0 saturated carbocycles. The summed E-state index contributed by atoms with van der Waals surface area (Å²) in [6.07, 6.45) is -2.48. The summed E-state index contributed by atoms with van der Waals surface area (Å²) in [7, 11) is 0. The van der Waals surface area contributed by atoms with Gasteiger partial charge < -0.3 is 9.80 Å². The lowest BCUT2D eigenvalue weighted by Gasteiger charge is -2.25. The van der Waals surface area contributed by atoms with E-state index in [1.54, 1.807) is 18.2 Å². The minimum Gasteiger partial charge on any atom is -0.332 e. The second-order valence-corrected chi connectivity index (χ2v) is 6.53. The molecule has 1 N–H and O–H groups in total. The van der Waals surface area contributed by atoms with E-state index in [-0.39, 0.29) is 18.8 Å². The van der Waals surface area contributed by atoms with Crippen molar-refractivity contribution in [1.29, 1.82) is 0 Å². The summed E-state index contributed by atoms with van der Waals surface area (Å²) < 4.78 is 52.3. The van der Waals surface area contributed by atoms with E-state index in [0.717, 1.165) is 25.9 Å². The minimum atomic E-state index is -4.64. The molecule has 5 nitrogen and oxygen atoms in total. The van der Waals surface area contributed by atoms with E-state index in [4.69, 9.17) is 0 Å². The Labute approximate surface area is 154 Å². The van der Waals surface area contributed by atoms with Crippen molar-refractivity contribution >= 4 is 5.91 Å². The first kappa shape index (κ1) is 19.3. The molecule has 0 aliphatic carbocycles. The van der Waals surface area contributed by atoms with Crippen molar-refractivity contribution in [3.63, 3.8) is 0 Å². The number of H-pyrrole nitrogens is 1. The number of amides is 1. The molecule has 1 fully saturated rings. The Morgan fingerprint density at radius 1 is 1.22 bits per heavy atom. The van der Waals surface area contributed by atoms with Gasteiger partial charge in [-0.1, -0.05) is 18.2 Å². The fourth-order valence-corrected chi connectivity index (χ4v) is 3.10. The monoisotopic (exact) mass is 384 g/mol. The van der Waals surface area contributed by atoms with Crippen molar-refractivity contribution in [3.8, 4) is 0 Å². The maximum Gasteiger partial charge on any atom is 0.435 e. The van der Waals surface area contributed by atoms with Crippen molar-refractivity contribution in [2.45, 2.75) is 25.6 Å². The number of rotatable bonds is 6. The average molecular weight is 384 g/mol. The van der Waals surface area contributed by atoms with Gasteiger partial charge in [-0.2, -0.15) is 18.3 Å². The molecule has 1 aliphatic heterocycles. The maximum absolute atomic E-state index is 14.0. The molecule has 2 heterocycles. The fourth-order valence-electron chi connectivity index (χ4n) is 3.10. The molecule has 2 aromatic rings. The van der Waals surface area contributed by atoms with Crippen LogP contribution in [0.2, 0.25) is 0 Å². The van der Waals surface area contributed by atoms with Crippen molar-refractivity contribution < 1.29 is 22.4 Å². The molecule has 0 unspecified atom stereocenters. The molecule has 1 amide bonds. The Morgan fingerprint density at radius 2 is 1.93 bits per heavy atom. The zero-order valence-corrected chi connectivity index (χ0v) is 14.6. The van der Waals surface area contributed by atoms with Gasteiger partial charge in [-0.15, -0.1) is 0 Å². The number of carbonyl (C=O) groups excluding carboxylic acids is 1. The Morgan fingerprint density at radius 3 is 2.56 bits per heavy atom. The number of carbonyl (C=O) groups is 1. The highest BCUT2D eigenvalue weighted by Crippen LogP contribution is 2.28. The first-order valence-electron chi connectivity index (χ1n) is 8.72. The number of nitrogens with zero attached hydrogens (tertiary/aromatic N) is 3. The highest BCUT2D eigenvalue weighted by Gasteiger charge is 2.35. The number of nitrogens with one attached hydrogen (secondary N) is 1. The van der Waals surface area contributed by atoms with Crippen LogP contribution in [0.25, 0.3) is 0 Å². The number of aromatic nitrogens is 2. The molecular weight excluding hydrogens is 364 g/mol. The van der Waals surface area contributed by atoms with Crippen LogP contribution in [0.15, 0.2) is 30.3 Å². The molecule has 1 aromatic carbocycles. The van der Waals surface area contributed by atoms with E-state index < -0.39 is 23.6 Å². The molecule has 0 spiro atoms. The highest BCUT2D eigenvalue weighted by atomic mass is 19.4. The van der Waals surface area contributed by atoms with E-state index >= 15 is 0 Å². The van der Waals surface area contributed by atoms with E-state index in [0.29, 0.717) is 18.2 Å². The van der Waals surface area contributed by atoms with Gasteiger partial charge in [-0.05, 0) is 32.0 Å². The fraction of sp³-hybridized carbons (Fsp3) is 0.444. The standard InChI is InChI=1S/C18H20F4N4O/c19-14-6-2-1-5-13(14)12-26(10-9-25-7-3-4-8-25)17(27)15-11-16(24-23-15)18(20,21)22/h1-2,5-6,11H,3-4,7-10,12H2,(H,23,24). The van der Waals surface area contributed by atoms with Crippen LogP contribution in [0.3, 0.4) is 0 Å². The van der Waals surface area contributed by atoms with Gasteiger partial charge in [0, 0.05) is 31.3 Å². The molecule has 3 rings (SSSR count). The Bertz CT molecular complexity index is 784. The van der Waals surface area contributed by atoms with Crippen LogP contribution in [0, 0.1) is 5.82 Å². The van der Waals surface area contributed by atoms with Crippen LogP contribution in [0.4, 0.5) is 17.6 Å². The van der Waals surface area contributed by atoms with E-state index in [2.05, 4.69) is 15.1 Å². The summed E-state index contributed by atoms with van der Waals surface area (Å²) in [5.74, 6) is -1.10. The average Bonchev–Trinajstić information content (AvgIpc) is 3.30. The molecule has 1 saturated heterocycles. The first-order valence-corrected chi connectivity index (χ1v) is 8.72. The Hall–Kier alpha value is -2.42. The number of aromatic amines is 1. The highest BCUT2D eigenvalue weighted by molar-refractivity contribution is 5.92. The molecule has 146 valence electrons. The number of hydrogen-bond donors (Lipinski definition) is 1. The minimum absolute atomic E-state index is 0.0281. The normalized spacial score (nSPS) is 15.3. The quantitative estimate of drug-likeness (QED) is 0.778. The van der Waals surface area contributed by atoms with E-state index in [1.807, 2.05) is 0 Å². The lowest BCUT2D eigenvalue weighted by Crippen LogP contribution is -2.38. The van der Waals surface area contributed by atoms with Crippen LogP contribution in [-0.4, -0.2) is 52.1 Å². The van der Waals surface area contributed by atoms with Crippen LogP contribution in [0.5, 0.6) is 0 Å². The van der Waals surface area contributed by atoms with Gasteiger partial charge in [0.2, 0.25) is 0 Å². The topological polar surface area (TPSA) is 52.2 Å². The van der Waals surface area contributed by atoms with Crippen LogP contribution < -0.4 is 0 Å². The number of benzene rings is 1.